The fraction of sp³-hybridized carbons (Fsp3) is 0.346. The smallest absolute Gasteiger partial charge is 0.244 e. The second-order valence-corrected chi connectivity index (χ2v) is 10.6. The minimum Gasteiger partial charge on any atom is -0.412 e. The number of rotatable bonds is 2. The molecule has 9 nitrogen and oxygen atoms in total. The highest BCUT2D eigenvalue weighted by atomic mass is 32.1. The Kier molecular flexibility index (Phi) is 8.98. The molecule has 6 rings (SSSR count). The Morgan fingerprint density at radius 3 is 2.32 bits per heavy atom. The normalized spacial score (nSPS) is 20.1. The number of fused-ring (bicyclic) bond motifs is 2. The van der Waals surface area contributed by atoms with Crippen LogP contribution in [0, 0.1) is 0 Å². The predicted molar refractivity (Wildman–Crippen MR) is 153 cm³/mol. The third-order valence-electron chi connectivity index (χ3n) is 7.38. The molecule has 4 heterocycles. The molecule has 2 saturated heterocycles. The molecule has 37 heavy (non-hydrogen) atoms. The number of piperidine rings is 1. The van der Waals surface area contributed by atoms with Crippen molar-refractivity contribution in [1.29, 1.82) is 0 Å². The Hall–Kier alpha value is -2.96. The van der Waals surface area contributed by atoms with Gasteiger partial charge in [-0.15, -0.1) is 24.0 Å². The number of hydrogen-bond donors (Lipinski definition) is 2. The number of carbonyl (C=O) groups is 2. The van der Waals surface area contributed by atoms with Crippen molar-refractivity contribution in [2.75, 3.05) is 42.2 Å². The van der Waals surface area contributed by atoms with Crippen LogP contribution in [0.1, 0.15) is 26.3 Å². The SMILES string of the molecule is CN1C(=O)C2(CCN([C@H]3CCN(c4ccc(S)cc4)C3=O)CC2)c2ccccc21.Nc1nccs1.O.O.[HH]. The van der Waals surface area contributed by atoms with Crippen molar-refractivity contribution in [2.24, 2.45) is 0 Å². The first-order chi connectivity index (χ1) is 16.9. The average Bonchev–Trinajstić information content (AvgIpc) is 3.56. The molecule has 0 unspecified atom stereocenters. The molecule has 2 fully saturated rings. The van der Waals surface area contributed by atoms with Gasteiger partial charge >= 0.3 is 0 Å². The summed E-state index contributed by atoms with van der Waals surface area (Å²) in [5, 5.41) is 2.48. The maximum Gasteiger partial charge on any atom is 0.244 e. The number of nitrogen functional groups attached to an aromatic ring is 1. The molecule has 1 atom stereocenters. The fourth-order valence-electron chi connectivity index (χ4n) is 5.54. The van der Waals surface area contributed by atoms with Crippen molar-refractivity contribution in [2.45, 2.75) is 35.6 Å². The van der Waals surface area contributed by atoms with Gasteiger partial charge in [-0.3, -0.25) is 14.5 Å². The monoisotopic (exact) mass is 545 g/mol. The number of anilines is 3. The Morgan fingerprint density at radius 2 is 1.73 bits per heavy atom. The van der Waals surface area contributed by atoms with E-state index in [-0.39, 0.29) is 30.2 Å². The molecule has 3 aliphatic rings. The molecule has 2 aromatic carbocycles. The molecule has 200 valence electrons. The summed E-state index contributed by atoms with van der Waals surface area (Å²) < 4.78 is 0. The van der Waals surface area contributed by atoms with Gasteiger partial charge in [0.15, 0.2) is 5.13 Å². The molecule has 0 saturated carbocycles. The summed E-state index contributed by atoms with van der Waals surface area (Å²) in [6.45, 7) is 2.28. The Balaban J connectivity index is 0.000000501. The lowest BCUT2D eigenvalue weighted by molar-refractivity contribution is -0.126. The van der Waals surface area contributed by atoms with Crippen molar-refractivity contribution in [1.82, 2.24) is 9.88 Å². The molecule has 0 radical (unpaired) electrons. The molecule has 2 amide bonds. The number of likely N-dealkylation sites (tertiary alicyclic amines) is 1. The summed E-state index contributed by atoms with van der Waals surface area (Å²) >= 11 is 5.77. The van der Waals surface area contributed by atoms with E-state index in [1.165, 1.54) is 11.3 Å². The fourth-order valence-corrected chi connectivity index (χ4v) is 6.08. The molecular weight excluding hydrogens is 510 g/mol. The maximum absolute atomic E-state index is 13.1. The van der Waals surface area contributed by atoms with Gasteiger partial charge in [0.1, 0.15) is 0 Å². The number of benzene rings is 2. The van der Waals surface area contributed by atoms with E-state index in [1.54, 1.807) is 11.1 Å². The quantitative estimate of drug-likeness (QED) is 0.475. The summed E-state index contributed by atoms with van der Waals surface area (Å²) in [7, 11) is 1.87. The molecule has 0 bridgehead atoms. The number of amides is 2. The van der Waals surface area contributed by atoms with Crippen LogP contribution in [0.3, 0.4) is 0 Å². The summed E-state index contributed by atoms with van der Waals surface area (Å²) in [5.74, 6) is 0.368. The molecule has 1 spiro atoms. The van der Waals surface area contributed by atoms with Crippen LogP contribution >= 0.6 is 24.0 Å². The molecular formula is C26H35N5O4S2. The number of thiol groups is 1. The second kappa shape index (κ2) is 11.6. The van der Waals surface area contributed by atoms with Gasteiger partial charge in [0.25, 0.3) is 0 Å². The van der Waals surface area contributed by atoms with Crippen molar-refractivity contribution < 1.29 is 22.0 Å². The number of para-hydroxylation sites is 1. The third-order valence-corrected chi connectivity index (χ3v) is 8.28. The molecule has 3 aromatic rings. The highest BCUT2D eigenvalue weighted by Gasteiger charge is 2.52. The zero-order chi connectivity index (χ0) is 24.6. The summed E-state index contributed by atoms with van der Waals surface area (Å²) in [5.41, 5.74) is 7.88. The first kappa shape index (κ1) is 28.6. The van der Waals surface area contributed by atoms with E-state index in [0.717, 1.165) is 60.7 Å². The number of hydrogen-bond acceptors (Lipinski definition) is 7. The number of carbonyl (C=O) groups excluding carboxylic acids is 2. The van der Waals surface area contributed by atoms with Crippen LogP contribution < -0.4 is 15.5 Å². The van der Waals surface area contributed by atoms with E-state index in [0.29, 0.717) is 5.13 Å². The van der Waals surface area contributed by atoms with Gasteiger partial charge in [0, 0.05) is 56.0 Å². The van der Waals surface area contributed by atoms with Crippen LogP contribution in [0.5, 0.6) is 0 Å². The van der Waals surface area contributed by atoms with E-state index in [1.807, 2.05) is 59.8 Å². The largest absolute Gasteiger partial charge is 0.412 e. The minimum absolute atomic E-state index is 0. The van der Waals surface area contributed by atoms with Crippen LogP contribution in [-0.2, 0) is 15.0 Å². The first-order valence-electron chi connectivity index (χ1n) is 11.8. The van der Waals surface area contributed by atoms with Crippen LogP contribution in [0.4, 0.5) is 16.5 Å². The predicted octanol–water partition coefficient (Wildman–Crippen LogP) is 2.41. The van der Waals surface area contributed by atoms with Crippen LogP contribution in [0.2, 0.25) is 0 Å². The van der Waals surface area contributed by atoms with Crippen LogP contribution in [0.25, 0.3) is 0 Å². The minimum atomic E-state index is -0.425. The van der Waals surface area contributed by atoms with Gasteiger partial charge in [-0.2, -0.15) is 0 Å². The third kappa shape index (κ3) is 5.23. The lowest BCUT2D eigenvalue weighted by Gasteiger charge is -2.40. The maximum atomic E-state index is 13.1. The number of thiazole rings is 1. The van der Waals surface area contributed by atoms with Gasteiger partial charge in [-0.25, -0.2) is 4.98 Å². The molecule has 0 aliphatic carbocycles. The van der Waals surface area contributed by atoms with Crippen LogP contribution in [0.15, 0.2) is 65.0 Å². The van der Waals surface area contributed by atoms with Gasteiger partial charge in [-0.1, -0.05) is 18.2 Å². The molecule has 1 aromatic heterocycles. The van der Waals surface area contributed by atoms with Crippen molar-refractivity contribution in [3.63, 3.8) is 0 Å². The average molecular weight is 546 g/mol. The Bertz CT molecular complexity index is 1220. The summed E-state index contributed by atoms with van der Waals surface area (Å²) in [6, 6.07) is 15.8. The van der Waals surface area contributed by atoms with Crippen molar-refractivity contribution in [3.8, 4) is 0 Å². The van der Waals surface area contributed by atoms with E-state index in [2.05, 4.69) is 28.6 Å². The molecule has 6 N–H and O–H groups in total. The van der Waals surface area contributed by atoms with Gasteiger partial charge in [0.2, 0.25) is 11.8 Å². The van der Waals surface area contributed by atoms with Gasteiger partial charge < -0.3 is 26.5 Å². The lowest BCUT2D eigenvalue weighted by atomic mass is 9.73. The number of aromatic nitrogens is 1. The Morgan fingerprint density at radius 1 is 1.05 bits per heavy atom. The van der Waals surface area contributed by atoms with E-state index < -0.39 is 5.41 Å². The Labute approximate surface area is 227 Å². The van der Waals surface area contributed by atoms with Crippen molar-refractivity contribution in [3.05, 3.63) is 65.7 Å². The standard InChI is InChI=1S/C23H25N3O2S.C3H4N2S.2H2O.H2/c1-24-19-5-3-2-4-18(19)23(22(24)28)11-14-25(15-12-23)20-10-13-26(21(20)27)16-6-8-17(29)9-7-16;4-3-5-1-2-6-3;;;/h2-9,20,29H,10-15H2,1H3;1-2H,(H2,4,5);2*1H2;1H/t20-;;;;/m0..../s1. The van der Waals surface area contributed by atoms with E-state index in [4.69, 9.17) is 5.73 Å². The van der Waals surface area contributed by atoms with E-state index in [9.17, 15) is 9.59 Å². The molecule has 3 aliphatic heterocycles. The number of nitrogens with two attached hydrogens (primary N) is 1. The molecule has 11 heteroatoms. The summed E-state index contributed by atoms with van der Waals surface area (Å²) in [4.78, 5) is 36.8. The zero-order valence-electron chi connectivity index (χ0n) is 20.6. The zero-order valence-corrected chi connectivity index (χ0v) is 22.3. The highest BCUT2D eigenvalue weighted by molar-refractivity contribution is 7.80. The lowest BCUT2D eigenvalue weighted by Crippen LogP contribution is -2.52. The second-order valence-electron chi connectivity index (χ2n) is 9.18. The first-order valence-corrected chi connectivity index (χ1v) is 13.1. The number of nitrogens with zero attached hydrogens (tertiary/aromatic N) is 4. The van der Waals surface area contributed by atoms with Gasteiger partial charge in [0.05, 0.1) is 11.5 Å². The van der Waals surface area contributed by atoms with Crippen molar-refractivity contribution >= 4 is 52.3 Å². The summed E-state index contributed by atoms with van der Waals surface area (Å²) in [6.07, 6.45) is 4.05. The van der Waals surface area contributed by atoms with E-state index >= 15 is 0 Å². The van der Waals surface area contributed by atoms with Gasteiger partial charge in [-0.05, 0) is 55.2 Å². The van der Waals surface area contributed by atoms with Crippen LogP contribution in [-0.4, -0.2) is 65.4 Å². The topological polar surface area (TPSA) is 146 Å². The highest BCUT2D eigenvalue weighted by Crippen LogP contribution is 2.47. The number of likely N-dealkylation sites (N-methyl/N-ethyl adjacent to an activating group) is 1.